The highest BCUT2D eigenvalue weighted by Crippen LogP contribution is 2.30. The van der Waals surface area contributed by atoms with E-state index in [2.05, 4.69) is 39.5 Å². The van der Waals surface area contributed by atoms with Gasteiger partial charge in [-0.1, -0.05) is 6.92 Å². The standard InChI is InChI=1S/C9H11IN2O/c1-9(2-3-13-6-9)7-4-11-5-8(10)12-7/h4-5H,2-3,6H2,1H3/t9-/m1/s1. The van der Waals surface area contributed by atoms with Crippen molar-refractivity contribution in [3.05, 3.63) is 21.8 Å². The predicted octanol–water partition coefficient (Wildman–Crippen LogP) is 1.76. The van der Waals surface area contributed by atoms with Crippen molar-refractivity contribution in [3.63, 3.8) is 0 Å². The molecule has 0 bridgehead atoms. The second-order valence-electron chi connectivity index (χ2n) is 3.59. The Hall–Kier alpha value is -0.230. The highest BCUT2D eigenvalue weighted by Gasteiger charge is 2.33. The van der Waals surface area contributed by atoms with Crippen LogP contribution in [-0.4, -0.2) is 23.2 Å². The summed E-state index contributed by atoms with van der Waals surface area (Å²) in [6, 6.07) is 0. The normalized spacial score (nSPS) is 27.8. The van der Waals surface area contributed by atoms with Gasteiger partial charge in [0, 0.05) is 18.2 Å². The minimum Gasteiger partial charge on any atom is -0.380 e. The lowest BCUT2D eigenvalue weighted by atomic mass is 9.86. The number of aromatic nitrogens is 2. The molecular formula is C9H11IN2O. The Labute approximate surface area is 91.1 Å². The number of hydrogen-bond acceptors (Lipinski definition) is 3. The Kier molecular flexibility index (Phi) is 2.51. The summed E-state index contributed by atoms with van der Waals surface area (Å²) in [6.45, 7) is 3.78. The number of rotatable bonds is 1. The zero-order chi connectivity index (χ0) is 9.31. The molecule has 0 N–H and O–H groups in total. The van der Waals surface area contributed by atoms with Gasteiger partial charge in [0.05, 0.1) is 18.5 Å². The van der Waals surface area contributed by atoms with E-state index in [4.69, 9.17) is 4.74 Å². The molecular weight excluding hydrogens is 279 g/mol. The predicted molar refractivity (Wildman–Crippen MR) is 57.5 cm³/mol. The molecule has 3 nitrogen and oxygen atoms in total. The Balaban J connectivity index is 2.33. The van der Waals surface area contributed by atoms with E-state index in [1.165, 1.54) is 0 Å². The first-order valence-corrected chi connectivity index (χ1v) is 5.34. The zero-order valence-corrected chi connectivity index (χ0v) is 9.61. The van der Waals surface area contributed by atoms with Gasteiger partial charge in [-0.25, -0.2) is 4.98 Å². The Morgan fingerprint density at radius 1 is 1.54 bits per heavy atom. The summed E-state index contributed by atoms with van der Waals surface area (Å²) in [5, 5.41) is 0. The van der Waals surface area contributed by atoms with Crippen molar-refractivity contribution < 1.29 is 4.74 Å². The van der Waals surface area contributed by atoms with Gasteiger partial charge in [0.15, 0.2) is 0 Å². The molecule has 2 rings (SSSR count). The van der Waals surface area contributed by atoms with E-state index >= 15 is 0 Å². The van der Waals surface area contributed by atoms with Crippen molar-refractivity contribution in [1.29, 1.82) is 0 Å². The van der Waals surface area contributed by atoms with Crippen LogP contribution in [0.25, 0.3) is 0 Å². The van der Waals surface area contributed by atoms with Gasteiger partial charge in [-0.15, -0.1) is 0 Å². The maximum Gasteiger partial charge on any atom is 0.119 e. The molecule has 0 unspecified atom stereocenters. The van der Waals surface area contributed by atoms with Crippen LogP contribution in [-0.2, 0) is 10.2 Å². The van der Waals surface area contributed by atoms with E-state index < -0.39 is 0 Å². The monoisotopic (exact) mass is 290 g/mol. The van der Waals surface area contributed by atoms with Crippen LogP contribution in [0.3, 0.4) is 0 Å². The van der Waals surface area contributed by atoms with E-state index in [0.29, 0.717) is 0 Å². The van der Waals surface area contributed by atoms with Crippen LogP contribution in [0.1, 0.15) is 19.0 Å². The fraction of sp³-hybridized carbons (Fsp3) is 0.556. The number of nitrogens with zero attached hydrogens (tertiary/aromatic N) is 2. The minimum atomic E-state index is 0.0776. The van der Waals surface area contributed by atoms with Gasteiger partial charge in [0.2, 0.25) is 0 Å². The highest BCUT2D eigenvalue weighted by atomic mass is 127. The van der Waals surface area contributed by atoms with Crippen LogP contribution in [0.15, 0.2) is 12.4 Å². The fourth-order valence-corrected chi connectivity index (χ4v) is 1.92. The van der Waals surface area contributed by atoms with Crippen molar-refractivity contribution in [2.45, 2.75) is 18.8 Å². The van der Waals surface area contributed by atoms with Gasteiger partial charge >= 0.3 is 0 Å². The molecule has 1 aliphatic heterocycles. The summed E-state index contributed by atoms with van der Waals surface area (Å²) in [4.78, 5) is 8.62. The van der Waals surface area contributed by atoms with E-state index in [1.807, 2.05) is 6.20 Å². The summed E-state index contributed by atoms with van der Waals surface area (Å²) in [5.41, 5.74) is 1.13. The second-order valence-corrected chi connectivity index (χ2v) is 4.70. The van der Waals surface area contributed by atoms with Crippen LogP contribution >= 0.6 is 22.6 Å². The number of ether oxygens (including phenoxy) is 1. The van der Waals surface area contributed by atoms with Crippen LogP contribution in [0.4, 0.5) is 0 Å². The van der Waals surface area contributed by atoms with Crippen LogP contribution in [0.5, 0.6) is 0 Å². The average molecular weight is 290 g/mol. The summed E-state index contributed by atoms with van der Waals surface area (Å²) in [7, 11) is 0. The molecule has 0 saturated carbocycles. The summed E-state index contributed by atoms with van der Waals surface area (Å²) in [6.07, 6.45) is 4.65. The van der Waals surface area contributed by atoms with Gasteiger partial charge in [-0.3, -0.25) is 4.98 Å². The van der Waals surface area contributed by atoms with Crippen molar-refractivity contribution in [1.82, 2.24) is 9.97 Å². The third-order valence-corrected chi connectivity index (χ3v) is 2.96. The lowest BCUT2D eigenvalue weighted by molar-refractivity contribution is 0.180. The van der Waals surface area contributed by atoms with Crippen molar-refractivity contribution in [3.8, 4) is 0 Å². The first-order chi connectivity index (χ1) is 6.21. The highest BCUT2D eigenvalue weighted by molar-refractivity contribution is 14.1. The lowest BCUT2D eigenvalue weighted by Gasteiger charge is -2.20. The molecule has 1 saturated heterocycles. The van der Waals surface area contributed by atoms with Crippen LogP contribution in [0.2, 0.25) is 0 Å². The Morgan fingerprint density at radius 3 is 3.00 bits per heavy atom. The molecule has 1 fully saturated rings. The van der Waals surface area contributed by atoms with Crippen LogP contribution < -0.4 is 0 Å². The number of halogens is 1. The van der Waals surface area contributed by atoms with Crippen molar-refractivity contribution in [2.24, 2.45) is 0 Å². The third kappa shape index (κ3) is 1.83. The molecule has 1 atom stereocenters. The Morgan fingerprint density at radius 2 is 2.38 bits per heavy atom. The SMILES string of the molecule is C[C@@]1(c2cncc(I)n2)CCOC1. The molecule has 0 amide bonds. The molecule has 0 radical (unpaired) electrons. The number of hydrogen-bond donors (Lipinski definition) is 0. The van der Waals surface area contributed by atoms with Gasteiger partial charge in [-0.05, 0) is 29.0 Å². The molecule has 2 heterocycles. The zero-order valence-electron chi connectivity index (χ0n) is 7.46. The van der Waals surface area contributed by atoms with Gasteiger partial charge in [0.1, 0.15) is 3.70 Å². The largest absolute Gasteiger partial charge is 0.380 e. The summed E-state index contributed by atoms with van der Waals surface area (Å²) < 4.78 is 6.33. The summed E-state index contributed by atoms with van der Waals surface area (Å²) >= 11 is 2.18. The molecule has 0 spiro atoms. The van der Waals surface area contributed by atoms with Gasteiger partial charge < -0.3 is 4.74 Å². The molecule has 0 aromatic carbocycles. The smallest absolute Gasteiger partial charge is 0.119 e. The molecule has 1 aromatic heterocycles. The molecule has 4 heteroatoms. The van der Waals surface area contributed by atoms with E-state index in [-0.39, 0.29) is 5.41 Å². The van der Waals surface area contributed by atoms with Crippen molar-refractivity contribution in [2.75, 3.05) is 13.2 Å². The molecule has 13 heavy (non-hydrogen) atoms. The lowest BCUT2D eigenvalue weighted by Crippen LogP contribution is -2.23. The average Bonchev–Trinajstić information content (AvgIpc) is 2.54. The van der Waals surface area contributed by atoms with Crippen molar-refractivity contribution >= 4 is 22.6 Å². The first-order valence-electron chi connectivity index (χ1n) is 4.26. The quantitative estimate of drug-likeness (QED) is 0.739. The molecule has 70 valence electrons. The first kappa shape index (κ1) is 9.33. The van der Waals surface area contributed by atoms with E-state index in [1.54, 1.807) is 6.20 Å². The fourth-order valence-electron chi connectivity index (χ4n) is 1.50. The topological polar surface area (TPSA) is 35.0 Å². The van der Waals surface area contributed by atoms with Crippen LogP contribution in [0, 0.1) is 3.70 Å². The van der Waals surface area contributed by atoms with E-state index in [9.17, 15) is 0 Å². The Bertz CT molecular complexity index is 310. The second kappa shape index (κ2) is 3.49. The van der Waals surface area contributed by atoms with Gasteiger partial charge in [-0.2, -0.15) is 0 Å². The molecule has 1 aliphatic rings. The third-order valence-electron chi connectivity index (χ3n) is 2.44. The minimum absolute atomic E-state index is 0.0776. The maximum atomic E-state index is 5.38. The summed E-state index contributed by atoms with van der Waals surface area (Å²) in [5.74, 6) is 0. The maximum absolute atomic E-state index is 5.38. The molecule has 0 aliphatic carbocycles. The van der Waals surface area contributed by atoms with E-state index in [0.717, 1.165) is 29.0 Å². The van der Waals surface area contributed by atoms with Gasteiger partial charge in [0.25, 0.3) is 0 Å². The molecule has 1 aromatic rings.